The number of hydrogen-bond acceptors (Lipinski definition) is 2. The van der Waals surface area contributed by atoms with Gasteiger partial charge in [-0.25, -0.2) is 0 Å². The molecule has 1 aromatic heterocycles. The molecule has 2 heteroatoms. The van der Waals surface area contributed by atoms with E-state index in [1.165, 1.54) is 11.1 Å². The van der Waals surface area contributed by atoms with Crippen molar-refractivity contribution in [1.29, 1.82) is 0 Å². The van der Waals surface area contributed by atoms with Gasteiger partial charge in [0.25, 0.3) is 0 Å². The van der Waals surface area contributed by atoms with E-state index < -0.39 is 0 Å². The molecule has 0 atom stereocenters. The largest absolute Gasteiger partial charge is 0.313 e. The predicted molar refractivity (Wildman–Crippen MR) is 65.6 cm³/mol. The lowest BCUT2D eigenvalue weighted by molar-refractivity contribution is 0.572. The Labute approximate surface area is 92.4 Å². The lowest BCUT2D eigenvalue weighted by Gasteiger charge is -2.07. The zero-order valence-corrected chi connectivity index (χ0v) is 9.83. The Morgan fingerprint density at radius 3 is 2.67 bits per heavy atom. The van der Waals surface area contributed by atoms with Gasteiger partial charge in [0.2, 0.25) is 0 Å². The second-order valence-corrected chi connectivity index (χ2v) is 4.30. The number of nitrogens with zero attached hydrogens (tertiary/aromatic N) is 1. The Hall–Kier alpha value is -1.15. The zero-order valence-electron chi connectivity index (χ0n) is 9.83. The van der Waals surface area contributed by atoms with Crippen LogP contribution >= 0.6 is 0 Å². The third kappa shape index (κ3) is 5.33. The van der Waals surface area contributed by atoms with Crippen molar-refractivity contribution in [3.63, 3.8) is 0 Å². The van der Waals surface area contributed by atoms with Crippen molar-refractivity contribution in [1.82, 2.24) is 10.3 Å². The summed E-state index contributed by atoms with van der Waals surface area (Å²) in [5.41, 5.74) is 2.57. The normalized spacial score (nSPS) is 12.1. The van der Waals surface area contributed by atoms with Crippen molar-refractivity contribution < 1.29 is 0 Å². The molecule has 2 nitrogen and oxygen atoms in total. The Morgan fingerprint density at radius 1 is 1.40 bits per heavy atom. The van der Waals surface area contributed by atoms with Gasteiger partial charge < -0.3 is 5.32 Å². The van der Waals surface area contributed by atoms with E-state index >= 15 is 0 Å². The predicted octanol–water partition coefficient (Wildman–Crippen LogP) is 2.73. The average molecular weight is 204 g/mol. The second kappa shape index (κ2) is 6.36. The molecular formula is C13H20N2. The molecule has 0 unspecified atom stereocenters. The van der Waals surface area contributed by atoms with E-state index in [0.717, 1.165) is 13.1 Å². The van der Waals surface area contributed by atoms with Gasteiger partial charge >= 0.3 is 0 Å². The van der Waals surface area contributed by atoms with Crippen LogP contribution in [0.5, 0.6) is 0 Å². The van der Waals surface area contributed by atoms with Gasteiger partial charge in [0.1, 0.15) is 0 Å². The lowest BCUT2D eigenvalue weighted by atomic mass is 10.1. The maximum Gasteiger partial charge on any atom is 0.0273 e. The molecule has 1 aromatic rings. The fourth-order valence-electron chi connectivity index (χ4n) is 1.35. The van der Waals surface area contributed by atoms with Crippen LogP contribution in [0.3, 0.4) is 0 Å². The Balaban J connectivity index is 2.40. The topological polar surface area (TPSA) is 24.9 Å². The first-order valence-corrected chi connectivity index (χ1v) is 5.46. The summed E-state index contributed by atoms with van der Waals surface area (Å²) < 4.78 is 0. The van der Waals surface area contributed by atoms with E-state index in [1.54, 1.807) is 0 Å². The summed E-state index contributed by atoms with van der Waals surface area (Å²) in [4.78, 5) is 3.99. The molecule has 1 heterocycles. The SMILES string of the molecule is CC(=Cc1ccncc1)CNCC(C)C. The van der Waals surface area contributed by atoms with Gasteiger partial charge in [-0.1, -0.05) is 25.5 Å². The van der Waals surface area contributed by atoms with Crippen LogP contribution in [0.1, 0.15) is 26.3 Å². The van der Waals surface area contributed by atoms with Gasteiger partial charge in [0.15, 0.2) is 0 Å². The summed E-state index contributed by atoms with van der Waals surface area (Å²) in [6.07, 6.45) is 5.83. The Bertz CT molecular complexity index is 302. The molecule has 15 heavy (non-hydrogen) atoms. The molecule has 0 aliphatic rings. The van der Waals surface area contributed by atoms with Crippen LogP contribution in [-0.4, -0.2) is 18.1 Å². The summed E-state index contributed by atoms with van der Waals surface area (Å²) in [7, 11) is 0. The second-order valence-electron chi connectivity index (χ2n) is 4.30. The minimum Gasteiger partial charge on any atom is -0.313 e. The number of nitrogens with one attached hydrogen (secondary N) is 1. The van der Waals surface area contributed by atoms with Crippen LogP contribution in [0.15, 0.2) is 30.1 Å². The quantitative estimate of drug-likeness (QED) is 0.797. The molecule has 0 aromatic carbocycles. The summed E-state index contributed by atoms with van der Waals surface area (Å²) in [5.74, 6) is 0.707. The first-order chi connectivity index (χ1) is 7.18. The van der Waals surface area contributed by atoms with Crippen LogP contribution in [0.25, 0.3) is 6.08 Å². The summed E-state index contributed by atoms with van der Waals surface area (Å²) >= 11 is 0. The standard InChI is InChI=1S/C13H20N2/c1-11(2)9-15-10-12(3)8-13-4-6-14-7-5-13/h4-8,11,15H,9-10H2,1-3H3. The molecule has 0 saturated carbocycles. The molecule has 0 aliphatic carbocycles. The molecule has 0 fully saturated rings. The molecule has 0 aliphatic heterocycles. The highest BCUT2D eigenvalue weighted by atomic mass is 14.8. The van der Waals surface area contributed by atoms with E-state index in [0.29, 0.717) is 5.92 Å². The maximum absolute atomic E-state index is 3.99. The molecular weight excluding hydrogens is 184 g/mol. The van der Waals surface area contributed by atoms with E-state index in [1.807, 2.05) is 24.5 Å². The highest BCUT2D eigenvalue weighted by Crippen LogP contribution is 2.04. The van der Waals surface area contributed by atoms with Crippen molar-refractivity contribution in [2.75, 3.05) is 13.1 Å². The fourth-order valence-corrected chi connectivity index (χ4v) is 1.35. The minimum atomic E-state index is 0.707. The van der Waals surface area contributed by atoms with E-state index in [4.69, 9.17) is 0 Å². The number of rotatable bonds is 5. The fraction of sp³-hybridized carbons (Fsp3) is 0.462. The van der Waals surface area contributed by atoms with Crippen molar-refractivity contribution >= 4 is 6.08 Å². The van der Waals surface area contributed by atoms with Crippen molar-refractivity contribution in [2.24, 2.45) is 5.92 Å². The number of aromatic nitrogens is 1. The van der Waals surface area contributed by atoms with Crippen molar-refractivity contribution in [2.45, 2.75) is 20.8 Å². The number of hydrogen-bond donors (Lipinski definition) is 1. The summed E-state index contributed by atoms with van der Waals surface area (Å²) in [6, 6.07) is 4.04. The monoisotopic (exact) mass is 204 g/mol. The van der Waals surface area contributed by atoms with Gasteiger partial charge in [-0.2, -0.15) is 0 Å². The smallest absolute Gasteiger partial charge is 0.0273 e. The molecule has 1 N–H and O–H groups in total. The third-order valence-electron chi connectivity index (χ3n) is 2.08. The molecule has 82 valence electrons. The van der Waals surface area contributed by atoms with Crippen LogP contribution in [0, 0.1) is 5.92 Å². The summed E-state index contributed by atoms with van der Waals surface area (Å²) in [5, 5.41) is 3.42. The molecule has 0 amide bonds. The van der Waals surface area contributed by atoms with Gasteiger partial charge in [-0.05, 0) is 37.1 Å². The Morgan fingerprint density at radius 2 is 2.07 bits per heavy atom. The Kier molecular flexibility index (Phi) is 5.05. The van der Waals surface area contributed by atoms with Crippen molar-refractivity contribution in [3.8, 4) is 0 Å². The van der Waals surface area contributed by atoms with Gasteiger partial charge in [-0.3, -0.25) is 4.98 Å². The summed E-state index contributed by atoms with van der Waals surface area (Å²) in [6.45, 7) is 8.61. The first-order valence-electron chi connectivity index (χ1n) is 5.46. The average Bonchev–Trinajstić information content (AvgIpc) is 2.18. The maximum atomic E-state index is 3.99. The third-order valence-corrected chi connectivity index (χ3v) is 2.08. The molecule has 0 radical (unpaired) electrons. The van der Waals surface area contributed by atoms with E-state index in [-0.39, 0.29) is 0 Å². The van der Waals surface area contributed by atoms with Crippen LogP contribution in [0.4, 0.5) is 0 Å². The lowest BCUT2D eigenvalue weighted by Crippen LogP contribution is -2.21. The van der Waals surface area contributed by atoms with E-state index in [9.17, 15) is 0 Å². The van der Waals surface area contributed by atoms with Gasteiger partial charge in [0, 0.05) is 18.9 Å². The highest BCUT2D eigenvalue weighted by Gasteiger charge is 1.94. The highest BCUT2D eigenvalue weighted by molar-refractivity contribution is 5.51. The molecule has 0 saturated heterocycles. The first kappa shape index (κ1) is 11.9. The van der Waals surface area contributed by atoms with Gasteiger partial charge in [-0.15, -0.1) is 0 Å². The van der Waals surface area contributed by atoms with Crippen LogP contribution in [0.2, 0.25) is 0 Å². The minimum absolute atomic E-state index is 0.707. The number of pyridine rings is 1. The van der Waals surface area contributed by atoms with Gasteiger partial charge in [0.05, 0.1) is 0 Å². The van der Waals surface area contributed by atoms with Crippen molar-refractivity contribution in [3.05, 3.63) is 35.7 Å². The van der Waals surface area contributed by atoms with Crippen LogP contribution < -0.4 is 5.32 Å². The molecule has 0 spiro atoms. The zero-order chi connectivity index (χ0) is 11.1. The molecule has 0 bridgehead atoms. The van der Waals surface area contributed by atoms with Crippen LogP contribution in [-0.2, 0) is 0 Å². The molecule has 1 rings (SSSR count). The van der Waals surface area contributed by atoms with E-state index in [2.05, 4.69) is 37.1 Å².